The molecule has 0 spiro atoms. The van der Waals surface area contributed by atoms with Gasteiger partial charge in [-0.25, -0.2) is 4.98 Å². The molecule has 0 radical (unpaired) electrons. The third kappa shape index (κ3) is 4.58. The smallest absolute Gasteiger partial charge is 0.255 e. The number of aromatic nitrogens is 2. The quantitative estimate of drug-likeness (QED) is 0.798. The van der Waals surface area contributed by atoms with E-state index < -0.39 is 0 Å². The summed E-state index contributed by atoms with van der Waals surface area (Å²) in [5, 5.41) is 0. The van der Waals surface area contributed by atoms with Gasteiger partial charge in [0.2, 0.25) is 5.91 Å². The number of aromatic amines is 1. The van der Waals surface area contributed by atoms with Crippen LogP contribution in [0.4, 0.5) is 0 Å². The monoisotopic (exact) mass is 428 g/mol. The van der Waals surface area contributed by atoms with Crippen LogP contribution in [0, 0.1) is 5.92 Å². The number of hydrogen-bond acceptors (Lipinski definition) is 5. The summed E-state index contributed by atoms with van der Waals surface area (Å²) in [7, 11) is 0. The van der Waals surface area contributed by atoms with Crippen LogP contribution in [0.15, 0.2) is 4.79 Å². The van der Waals surface area contributed by atoms with Crippen LogP contribution in [-0.4, -0.2) is 58.0 Å². The molecule has 170 valence electrons. The van der Waals surface area contributed by atoms with Crippen molar-refractivity contribution in [2.75, 3.05) is 26.3 Å². The Kier molecular flexibility index (Phi) is 6.41. The molecule has 0 bridgehead atoms. The van der Waals surface area contributed by atoms with Gasteiger partial charge in [-0.05, 0) is 44.4 Å². The number of rotatable bonds is 4. The summed E-state index contributed by atoms with van der Waals surface area (Å²) in [4.78, 5) is 38.5. The zero-order valence-electron chi connectivity index (χ0n) is 18.6. The van der Waals surface area contributed by atoms with E-state index in [0.717, 1.165) is 69.7 Å². The Balaban J connectivity index is 1.29. The average Bonchev–Trinajstić information content (AvgIpc) is 3.30. The molecule has 3 aliphatic heterocycles. The Hall–Kier alpha value is -1.73. The Bertz CT molecular complexity index is 842. The standard InChI is InChI=1S/C24H36N4O3/c29-22(15-17-5-2-1-3-6-17)28-11-4-7-21(28)23-25-20-8-12-27(16-19(20)24(30)26-23)18-9-13-31-14-10-18/h17-18,21H,1-16H2,(H,25,26,30). The van der Waals surface area contributed by atoms with Crippen molar-refractivity contribution < 1.29 is 9.53 Å². The molecule has 0 aromatic carbocycles. The number of nitrogens with zero attached hydrogens (tertiary/aromatic N) is 3. The lowest BCUT2D eigenvalue weighted by Gasteiger charge is -2.37. The molecule has 1 N–H and O–H groups in total. The maximum absolute atomic E-state index is 13.1. The van der Waals surface area contributed by atoms with E-state index in [0.29, 0.717) is 30.7 Å². The molecule has 1 amide bonds. The molecule has 3 fully saturated rings. The Labute approximate surface area is 184 Å². The highest BCUT2D eigenvalue weighted by Crippen LogP contribution is 2.33. The first-order chi connectivity index (χ1) is 15.2. The zero-order chi connectivity index (χ0) is 21.2. The van der Waals surface area contributed by atoms with Crippen molar-refractivity contribution in [1.29, 1.82) is 0 Å². The third-order valence-electron chi connectivity index (χ3n) is 7.90. The number of amides is 1. The Morgan fingerprint density at radius 1 is 1.03 bits per heavy atom. The lowest BCUT2D eigenvalue weighted by molar-refractivity contribution is -0.133. The van der Waals surface area contributed by atoms with Crippen molar-refractivity contribution in [2.45, 2.75) is 89.3 Å². The van der Waals surface area contributed by atoms with Crippen molar-refractivity contribution in [1.82, 2.24) is 19.8 Å². The fourth-order valence-corrected chi connectivity index (χ4v) is 6.09. The second-order valence-electron chi connectivity index (χ2n) is 9.89. The minimum Gasteiger partial charge on any atom is -0.381 e. The van der Waals surface area contributed by atoms with Gasteiger partial charge in [-0.3, -0.25) is 14.5 Å². The fourth-order valence-electron chi connectivity index (χ4n) is 6.09. The van der Waals surface area contributed by atoms with Crippen LogP contribution in [0.2, 0.25) is 0 Å². The molecule has 1 aliphatic carbocycles. The normalized spacial score (nSPS) is 26.2. The van der Waals surface area contributed by atoms with Crippen LogP contribution in [0.1, 0.15) is 87.3 Å². The number of ether oxygens (including phenoxy) is 1. The Morgan fingerprint density at radius 2 is 1.84 bits per heavy atom. The zero-order valence-corrected chi connectivity index (χ0v) is 18.6. The first-order valence-electron chi connectivity index (χ1n) is 12.4. The molecule has 7 nitrogen and oxygen atoms in total. The molecule has 1 saturated carbocycles. The lowest BCUT2D eigenvalue weighted by atomic mass is 9.86. The summed E-state index contributed by atoms with van der Waals surface area (Å²) in [5.74, 6) is 1.49. The molecule has 7 heteroatoms. The van der Waals surface area contributed by atoms with E-state index in [1.807, 2.05) is 4.90 Å². The third-order valence-corrected chi connectivity index (χ3v) is 7.90. The number of H-pyrrole nitrogens is 1. The molecular weight excluding hydrogens is 392 g/mol. The lowest BCUT2D eigenvalue weighted by Crippen LogP contribution is -2.44. The summed E-state index contributed by atoms with van der Waals surface area (Å²) >= 11 is 0. The number of hydrogen-bond donors (Lipinski definition) is 1. The predicted octanol–water partition coefficient (Wildman–Crippen LogP) is 2.94. The fraction of sp³-hybridized carbons (Fsp3) is 0.792. The first kappa shape index (κ1) is 21.1. The van der Waals surface area contributed by atoms with Gasteiger partial charge in [-0.15, -0.1) is 0 Å². The van der Waals surface area contributed by atoms with Gasteiger partial charge in [0.15, 0.2) is 0 Å². The first-order valence-corrected chi connectivity index (χ1v) is 12.4. The van der Waals surface area contributed by atoms with Crippen molar-refractivity contribution in [3.63, 3.8) is 0 Å². The molecule has 2 saturated heterocycles. The molecule has 31 heavy (non-hydrogen) atoms. The SMILES string of the molecule is O=C(CC1CCCCC1)N1CCCC1c1nc2c(c(=O)[nH]1)CN(C1CCOCC1)CC2. The van der Waals surface area contributed by atoms with E-state index in [1.165, 1.54) is 32.1 Å². The Morgan fingerprint density at radius 3 is 2.65 bits per heavy atom. The predicted molar refractivity (Wildman–Crippen MR) is 118 cm³/mol. The van der Waals surface area contributed by atoms with Crippen molar-refractivity contribution in [2.24, 2.45) is 5.92 Å². The van der Waals surface area contributed by atoms with Gasteiger partial charge in [-0.1, -0.05) is 19.3 Å². The molecule has 5 rings (SSSR count). The van der Waals surface area contributed by atoms with Crippen molar-refractivity contribution >= 4 is 5.91 Å². The second kappa shape index (κ2) is 9.41. The largest absolute Gasteiger partial charge is 0.381 e. The molecule has 4 heterocycles. The van der Waals surface area contributed by atoms with Gasteiger partial charge in [0.1, 0.15) is 5.82 Å². The minimum absolute atomic E-state index is 0.0108. The number of carbonyl (C=O) groups is 1. The van der Waals surface area contributed by atoms with Crippen LogP contribution in [0.3, 0.4) is 0 Å². The van der Waals surface area contributed by atoms with Crippen molar-refractivity contribution in [3.05, 3.63) is 27.4 Å². The van der Waals surface area contributed by atoms with E-state index in [1.54, 1.807) is 0 Å². The number of fused-ring (bicyclic) bond motifs is 1. The van der Waals surface area contributed by atoms with E-state index in [2.05, 4.69) is 9.88 Å². The molecular formula is C24H36N4O3. The van der Waals surface area contributed by atoms with Gasteiger partial charge in [0.25, 0.3) is 5.56 Å². The summed E-state index contributed by atoms with van der Waals surface area (Å²) < 4.78 is 5.49. The summed E-state index contributed by atoms with van der Waals surface area (Å²) in [5.41, 5.74) is 1.75. The van der Waals surface area contributed by atoms with Gasteiger partial charge < -0.3 is 14.6 Å². The number of nitrogens with one attached hydrogen (secondary N) is 1. The topological polar surface area (TPSA) is 78.5 Å². The van der Waals surface area contributed by atoms with Gasteiger partial charge in [0.05, 0.1) is 17.3 Å². The van der Waals surface area contributed by atoms with Crippen molar-refractivity contribution in [3.8, 4) is 0 Å². The molecule has 1 aromatic heterocycles. The molecule has 4 aliphatic rings. The second-order valence-corrected chi connectivity index (χ2v) is 9.89. The number of carbonyl (C=O) groups excluding carboxylic acids is 1. The van der Waals surface area contributed by atoms with Crippen LogP contribution < -0.4 is 5.56 Å². The van der Waals surface area contributed by atoms with E-state index in [9.17, 15) is 9.59 Å². The molecule has 1 unspecified atom stereocenters. The summed E-state index contributed by atoms with van der Waals surface area (Å²) in [6.45, 7) is 4.04. The van der Waals surface area contributed by atoms with Crippen LogP contribution >= 0.6 is 0 Å². The average molecular weight is 429 g/mol. The summed E-state index contributed by atoms with van der Waals surface area (Å²) in [6, 6.07) is 0.436. The highest BCUT2D eigenvalue weighted by atomic mass is 16.5. The van der Waals surface area contributed by atoms with Crippen LogP contribution in [-0.2, 0) is 22.5 Å². The van der Waals surface area contributed by atoms with Crippen LogP contribution in [0.25, 0.3) is 0 Å². The van der Waals surface area contributed by atoms with Crippen LogP contribution in [0.5, 0.6) is 0 Å². The van der Waals surface area contributed by atoms with Gasteiger partial charge in [-0.2, -0.15) is 0 Å². The van der Waals surface area contributed by atoms with E-state index >= 15 is 0 Å². The molecule has 1 aromatic rings. The maximum atomic E-state index is 13.1. The highest BCUT2D eigenvalue weighted by Gasteiger charge is 2.34. The van der Waals surface area contributed by atoms with Gasteiger partial charge in [0, 0.05) is 51.7 Å². The minimum atomic E-state index is -0.0670. The summed E-state index contributed by atoms with van der Waals surface area (Å²) in [6.07, 6.45) is 11.6. The highest BCUT2D eigenvalue weighted by molar-refractivity contribution is 5.77. The molecule has 1 atom stereocenters. The maximum Gasteiger partial charge on any atom is 0.255 e. The van der Waals surface area contributed by atoms with E-state index in [-0.39, 0.29) is 17.5 Å². The van der Waals surface area contributed by atoms with Gasteiger partial charge >= 0.3 is 0 Å². The van der Waals surface area contributed by atoms with E-state index in [4.69, 9.17) is 9.72 Å². The number of likely N-dealkylation sites (tertiary alicyclic amines) is 1.